The number of carbonyl (C=O) groups excluding carboxylic acids is 1. The smallest absolute Gasteiger partial charge is 0.412 e. The molecule has 0 radical (unpaired) electrons. The van der Waals surface area contributed by atoms with Crippen LogP contribution in [-0.2, 0) is 7.05 Å². The fourth-order valence-corrected chi connectivity index (χ4v) is 3.33. The number of ketones is 1. The second kappa shape index (κ2) is 9.14. The van der Waals surface area contributed by atoms with Gasteiger partial charge in [-0.2, -0.15) is 5.10 Å². The van der Waals surface area contributed by atoms with E-state index in [9.17, 15) is 19.5 Å². The molecule has 30 heavy (non-hydrogen) atoms. The summed E-state index contributed by atoms with van der Waals surface area (Å²) in [6, 6.07) is 3.81. The Bertz CT molecular complexity index is 1070. The van der Waals surface area contributed by atoms with Gasteiger partial charge in [0.05, 0.1) is 27.8 Å². The van der Waals surface area contributed by atoms with E-state index in [1.165, 1.54) is 25.2 Å². The zero-order valence-corrected chi connectivity index (χ0v) is 17.8. The Kier molecular flexibility index (Phi) is 7.06. The first kappa shape index (κ1) is 23.2. The first-order valence-corrected chi connectivity index (χ1v) is 9.32. The van der Waals surface area contributed by atoms with Crippen molar-refractivity contribution in [1.29, 1.82) is 0 Å². The zero-order valence-electron chi connectivity index (χ0n) is 16.3. The number of amides is 1. The standard InChI is InChI=1S/C18H19Cl2N5O5/c1-8(2)10-6-13(22-24(3)17(10)27)16(26)15-11(19)4-9(5-12(15)20)25(18(28)29)7-14(21)23-30/h4-6,8,30H,7H2,1-3H3,(H2,21,23)(H,28,29). The van der Waals surface area contributed by atoms with Gasteiger partial charge in [-0.25, -0.2) is 9.48 Å². The molecule has 0 saturated carbocycles. The number of oxime groups is 1. The second-order valence-corrected chi connectivity index (χ2v) is 7.46. The zero-order chi connectivity index (χ0) is 22.7. The molecule has 2 aromatic rings. The Morgan fingerprint density at radius 1 is 1.27 bits per heavy atom. The van der Waals surface area contributed by atoms with Crippen LogP contribution in [0.15, 0.2) is 28.1 Å². The number of carboxylic acid groups (broad SMARTS) is 1. The van der Waals surface area contributed by atoms with Gasteiger partial charge in [0.1, 0.15) is 5.69 Å². The van der Waals surface area contributed by atoms with Crippen molar-refractivity contribution >= 4 is 46.6 Å². The number of nitrogens with zero attached hydrogens (tertiary/aromatic N) is 4. The molecular weight excluding hydrogens is 437 g/mol. The van der Waals surface area contributed by atoms with Gasteiger partial charge in [-0.1, -0.05) is 42.2 Å². The quantitative estimate of drug-likeness (QED) is 0.199. The minimum absolute atomic E-state index is 0.0111. The summed E-state index contributed by atoms with van der Waals surface area (Å²) in [4.78, 5) is 37.5. The molecule has 1 aromatic carbocycles. The highest BCUT2D eigenvalue weighted by Gasteiger charge is 2.24. The predicted octanol–water partition coefficient (Wildman–Crippen LogP) is 2.67. The lowest BCUT2D eigenvalue weighted by atomic mass is 10.0. The molecule has 0 aliphatic carbocycles. The van der Waals surface area contributed by atoms with E-state index in [0.717, 1.165) is 9.58 Å². The second-order valence-electron chi connectivity index (χ2n) is 6.64. The number of aromatic nitrogens is 2. The molecule has 10 nitrogen and oxygen atoms in total. The number of rotatable bonds is 6. The Balaban J connectivity index is 2.56. The number of nitrogens with two attached hydrogens (primary N) is 1. The maximum atomic E-state index is 13.0. The summed E-state index contributed by atoms with van der Waals surface area (Å²) in [7, 11) is 1.43. The molecule has 12 heteroatoms. The third-order valence-corrected chi connectivity index (χ3v) is 4.79. The molecule has 4 N–H and O–H groups in total. The maximum absolute atomic E-state index is 13.0. The molecule has 0 atom stereocenters. The largest absolute Gasteiger partial charge is 0.465 e. The highest BCUT2D eigenvalue weighted by molar-refractivity contribution is 6.41. The van der Waals surface area contributed by atoms with E-state index in [0.29, 0.717) is 5.56 Å². The van der Waals surface area contributed by atoms with Crippen molar-refractivity contribution in [3.05, 3.63) is 55.4 Å². The summed E-state index contributed by atoms with van der Waals surface area (Å²) in [5.74, 6) is -1.14. The van der Waals surface area contributed by atoms with Crippen LogP contribution in [-0.4, -0.2) is 44.4 Å². The molecule has 1 heterocycles. The van der Waals surface area contributed by atoms with E-state index in [-0.39, 0.29) is 44.3 Å². The summed E-state index contributed by atoms with van der Waals surface area (Å²) in [5, 5.41) is 24.5. The molecule has 0 fully saturated rings. The number of amidine groups is 1. The van der Waals surface area contributed by atoms with Crippen LogP contribution in [0.25, 0.3) is 0 Å². The normalized spacial score (nSPS) is 11.6. The van der Waals surface area contributed by atoms with Crippen molar-refractivity contribution in [3.8, 4) is 0 Å². The Morgan fingerprint density at radius 2 is 1.83 bits per heavy atom. The van der Waals surface area contributed by atoms with Gasteiger partial charge >= 0.3 is 6.09 Å². The van der Waals surface area contributed by atoms with Crippen LogP contribution in [0.2, 0.25) is 10.0 Å². The van der Waals surface area contributed by atoms with Crippen LogP contribution in [0.4, 0.5) is 10.5 Å². The average Bonchev–Trinajstić information content (AvgIpc) is 2.66. The van der Waals surface area contributed by atoms with Crippen LogP contribution >= 0.6 is 23.2 Å². The lowest BCUT2D eigenvalue weighted by molar-refractivity contribution is 0.103. The van der Waals surface area contributed by atoms with E-state index >= 15 is 0 Å². The van der Waals surface area contributed by atoms with Crippen molar-refractivity contribution in [3.63, 3.8) is 0 Å². The highest BCUT2D eigenvalue weighted by atomic mass is 35.5. The molecule has 0 unspecified atom stereocenters. The van der Waals surface area contributed by atoms with Gasteiger partial charge in [-0.15, -0.1) is 0 Å². The van der Waals surface area contributed by atoms with E-state index in [2.05, 4.69) is 10.3 Å². The fraction of sp³-hybridized carbons (Fsp3) is 0.278. The summed E-state index contributed by atoms with van der Waals surface area (Å²) in [6.45, 7) is 3.16. The minimum Gasteiger partial charge on any atom is -0.465 e. The third-order valence-electron chi connectivity index (χ3n) is 4.19. The van der Waals surface area contributed by atoms with Crippen molar-refractivity contribution < 1.29 is 19.9 Å². The summed E-state index contributed by atoms with van der Waals surface area (Å²) in [6.07, 6.45) is -1.41. The van der Waals surface area contributed by atoms with E-state index in [4.69, 9.17) is 34.1 Å². The van der Waals surface area contributed by atoms with Gasteiger partial charge in [0.15, 0.2) is 5.84 Å². The monoisotopic (exact) mass is 455 g/mol. The minimum atomic E-state index is -1.41. The molecule has 160 valence electrons. The molecule has 1 amide bonds. The van der Waals surface area contributed by atoms with E-state index < -0.39 is 18.4 Å². The number of benzene rings is 1. The van der Waals surface area contributed by atoms with Crippen molar-refractivity contribution in [2.75, 3.05) is 11.4 Å². The molecule has 0 aliphatic heterocycles. The molecule has 2 rings (SSSR count). The number of hydrogen-bond donors (Lipinski definition) is 3. The number of aryl methyl sites for hydroxylation is 1. The number of anilines is 1. The number of halogens is 2. The van der Waals surface area contributed by atoms with Crippen molar-refractivity contribution in [2.24, 2.45) is 17.9 Å². The highest BCUT2D eigenvalue weighted by Crippen LogP contribution is 2.32. The van der Waals surface area contributed by atoms with Crippen LogP contribution in [0.1, 0.15) is 41.4 Å². The average molecular weight is 456 g/mol. The molecule has 0 bridgehead atoms. The molecule has 0 spiro atoms. The van der Waals surface area contributed by atoms with Gasteiger partial charge in [0.2, 0.25) is 5.78 Å². The summed E-state index contributed by atoms with van der Waals surface area (Å²) < 4.78 is 1.06. The van der Waals surface area contributed by atoms with Gasteiger partial charge in [-0.3, -0.25) is 14.5 Å². The molecular formula is C18H19Cl2N5O5. The van der Waals surface area contributed by atoms with Crippen LogP contribution in [0.5, 0.6) is 0 Å². The molecule has 1 aromatic heterocycles. The Labute approximate surface area is 181 Å². The fourth-order valence-electron chi connectivity index (χ4n) is 2.68. The van der Waals surface area contributed by atoms with Crippen molar-refractivity contribution in [2.45, 2.75) is 19.8 Å². The topological polar surface area (TPSA) is 151 Å². The molecule has 0 saturated heterocycles. The van der Waals surface area contributed by atoms with Crippen molar-refractivity contribution in [1.82, 2.24) is 9.78 Å². The number of carbonyl (C=O) groups is 2. The predicted molar refractivity (Wildman–Crippen MR) is 112 cm³/mol. The lowest BCUT2D eigenvalue weighted by Crippen LogP contribution is -2.37. The lowest BCUT2D eigenvalue weighted by Gasteiger charge is -2.20. The Morgan fingerprint density at radius 3 is 2.30 bits per heavy atom. The van der Waals surface area contributed by atoms with E-state index in [1.807, 2.05) is 13.8 Å². The van der Waals surface area contributed by atoms with Crippen LogP contribution < -0.4 is 16.2 Å². The van der Waals surface area contributed by atoms with Gasteiger partial charge in [0, 0.05) is 12.6 Å². The molecule has 0 aliphatic rings. The van der Waals surface area contributed by atoms with Gasteiger partial charge in [-0.05, 0) is 24.1 Å². The first-order valence-electron chi connectivity index (χ1n) is 8.56. The first-order chi connectivity index (χ1) is 14.0. The third kappa shape index (κ3) is 4.71. The SMILES string of the molecule is CC(C)c1cc(C(=O)c2c(Cl)cc(N(C/C(N)=N\O)C(=O)O)cc2Cl)nn(C)c1=O. The van der Waals surface area contributed by atoms with Crippen LogP contribution in [0, 0.1) is 0 Å². The summed E-state index contributed by atoms with van der Waals surface area (Å²) >= 11 is 12.5. The summed E-state index contributed by atoms with van der Waals surface area (Å²) in [5.41, 5.74) is 5.33. The van der Waals surface area contributed by atoms with Gasteiger partial charge < -0.3 is 16.0 Å². The maximum Gasteiger partial charge on any atom is 0.412 e. The number of hydrogen-bond acceptors (Lipinski definition) is 6. The van der Waals surface area contributed by atoms with Gasteiger partial charge in [0.25, 0.3) is 5.56 Å². The van der Waals surface area contributed by atoms with E-state index in [1.54, 1.807) is 0 Å². The van der Waals surface area contributed by atoms with Crippen LogP contribution in [0.3, 0.4) is 0 Å². The Hall–Kier alpha value is -3.11.